The van der Waals surface area contributed by atoms with Gasteiger partial charge >= 0.3 is 0 Å². The molecule has 0 aliphatic heterocycles. The van der Waals surface area contributed by atoms with Crippen LogP contribution in [-0.4, -0.2) is 20.7 Å². The molecule has 1 aromatic heterocycles. The molecule has 0 fully saturated rings. The third-order valence-corrected chi connectivity index (χ3v) is 3.58. The van der Waals surface area contributed by atoms with Crippen molar-refractivity contribution in [2.75, 3.05) is 6.54 Å². The molecule has 0 bridgehead atoms. The minimum absolute atomic E-state index is 0.655. The first-order valence-electron chi connectivity index (χ1n) is 5.45. The summed E-state index contributed by atoms with van der Waals surface area (Å²) in [5.41, 5.74) is 2.21. The SMILES string of the molecule is Cc1ccc(S(=O)NCCc2cnc[nH]2)cc1. The van der Waals surface area contributed by atoms with Crippen LogP contribution in [0.3, 0.4) is 0 Å². The molecule has 1 unspecified atom stereocenters. The van der Waals surface area contributed by atoms with Crippen molar-refractivity contribution in [1.82, 2.24) is 14.7 Å². The molecule has 1 atom stereocenters. The fourth-order valence-corrected chi connectivity index (χ4v) is 2.28. The zero-order chi connectivity index (χ0) is 12.1. The normalized spacial score (nSPS) is 12.5. The quantitative estimate of drug-likeness (QED) is 0.845. The Labute approximate surface area is 103 Å². The van der Waals surface area contributed by atoms with Crippen LogP contribution in [0.25, 0.3) is 0 Å². The molecule has 0 aliphatic carbocycles. The van der Waals surface area contributed by atoms with Crippen molar-refractivity contribution in [2.45, 2.75) is 18.2 Å². The number of benzene rings is 1. The highest BCUT2D eigenvalue weighted by Crippen LogP contribution is 2.06. The molecule has 0 radical (unpaired) electrons. The molecule has 0 spiro atoms. The van der Waals surface area contributed by atoms with Gasteiger partial charge in [0.05, 0.1) is 11.2 Å². The predicted octanol–water partition coefficient (Wildman–Crippen LogP) is 1.57. The third kappa shape index (κ3) is 3.51. The summed E-state index contributed by atoms with van der Waals surface area (Å²) in [6, 6.07) is 7.69. The lowest BCUT2D eigenvalue weighted by molar-refractivity contribution is 0.671. The Morgan fingerprint density at radius 3 is 2.76 bits per heavy atom. The highest BCUT2D eigenvalue weighted by atomic mass is 32.2. The number of hydrogen-bond donors (Lipinski definition) is 2. The van der Waals surface area contributed by atoms with Crippen LogP contribution in [0.1, 0.15) is 11.3 Å². The molecule has 4 nitrogen and oxygen atoms in total. The Morgan fingerprint density at radius 2 is 2.12 bits per heavy atom. The first-order valence-corrected chi connectivity index (χ1v) is 6.60. The van der Waals surface area contributed by atoms with E-state index >= 15 is 0 Å². The number of aromatic amines is 1. The maximum absolute atomic E-state index is 11.9. The van der Waals surface area contributed by atoms with Gasteiger partial charge in [-0.25, -0.2) is 13.9 Å². The Balaban J connectivity index is 1.83. The van der Waals surface area contributed by atoms with Crippen molar-refractivity contribution in [2.24, 2.45) is 0 Å². The van der Waals surface area contributed by atoms with E-state index in [0.29, 0.717) is 6.54 Å². The van der Waals surface area contributed by atoms with Crippen molar-refractivity contribution in [3.8, 4) is 0 Å². The summed E-state index contributed by atoms with van der Waals surface area (Å²) in [7, 11) is -1.14. The molecule has 2 N–H and O–H groups in total. The maximum Gasteiger partial charge on any atom is 0.124 e. The molecule has 0 aliphatic rings. The van der Waals surface area contributed by atoms with Crippen LogP contribution in [0.2, 0.25) is 0 Å². The second-order valence-corrected chi connectivity index (χ2v) is 5.10. The van der Waals surface area contributed by atoms with Gasteiger partial charge in [0.25, 0.3) is 0 Å². The van der Waals surface area contributed by atoms with Crippen molar-refractivity contribution in [3.05, 3.63) is 48.0 Å². The van der Waals surface area contributed by atoms with Gasteiger partial charge in [0.1, 0.15) is 11.0 Å². The lowest BCUT2D eigenvalue weighted by Crippen LogP contribution is -2.20. The van der Waals surface area contributed by atoms with Crippen LogP contribution in [0.15, 0.2) is 41.7 Å². The lowest BCUT2D eigenvalue weighted by Gasteiger charge is -2.04. The fourth-order valence-electron chi connectivity index (χ4n) is 1.45. The summed E-state index contributed by atoms with van der Waals surface area (Å²) in [5.74, 6) is 0. The summed E-state index contributed by atoms with van der Waals surface area (Å²) < 4.78 is 14.8. The van der Waals surface area contributed by atoms with E-state index in [4.69, 9.17) is 0 Å². The van der Waals surface area contributed by atoms with Crippen molar-refractivity contribution < 1.29 is 4.21 Å². The topological polar surface area (TPSA) is 57.8 Å². The van der Waals surface area contributed by atoms with Crippen LogP contribution >= 0.6 is 0 Å². The highest BCUT2D eigenvalue weighted by Gasteiger charge is 2.02. The smallest absolute Gasteiger partial charge is 0.124 e. The largest absolute Gasteiger partial charge is 0.348 e. The standard InChI is InChI=1S/C12H15N3OS/c1-10-2-4-12(5-3-10)17(16)15-7-6-11-8-13-9-14-11/h2-5,8-9,15H,6-7H2,1H3,(H,13,14). The molecule has 2 rings (SSSR count). The van der Waals surface area contributed by atoms with Crippen LogP contribution in [0.4, 0.5) is 0 Å². The van der Waals surface area contributed by atoms with E-state index in [1.54, 1.807) is 12.5 Å². The predicted molar refractivity (Wildman–Crippen MR) is 67.9 cm³/mol. The van der Waals surface area contributed by atoms with Gasteiger partial charge in [0, 0.05) is 24.9 Å². The summed E-state index contributed by atoms with van der Waals surface area (Å²) >= 11 is 0. The summed E-state index contributed by atoms with van der Waals surface area (Å²) in [6.45, 7) is 2.67. The van der Waals surface area contributed by atoms with Crippen LogP contribution in [-0.2, 0) is 17.4 Å². The van der Waals surface area contributed by atoms with E-state index < -0.39 is 11.0 Å². The van der Waals surface area contributed by atoms with Crippen molar-refractivity contribution in [1.29, 1.82) is 0 Å². The zero-order valence-electron chi connectivity index (χ0n) is 9.64. The van der Waals surface area contributed by atoms with Gasteiger partial charge in [0.2, 0.25) is 0 Å². The Hall–Kier alpha value is -1.46. The number of nitrogens with one attached hydrogen (secondary N) is 2. The maximum atomic E-state index is 11.9. The zero-order valence-corrected chi connectivity index (χ0v) is 10.5. The minimum Gasteiger partial charge on any atom is -0.348 e. The van der Waals surface area contributed by atoms with Crippen LogP contribution in [0.5, 0.6) is 0 Å². The van der Waals surface area contributed by atoms with Crippen molar-refractivity contribution >= 4 is 11.0 Å². The number of nitrogens with zero attached hydrogens (tertiary/aromatic N) is 1. The van der Waals surface area contributed by atoms with E-state index in [9.17, 15) is 4.21 Å². The molecule has 17 heavy (non-hydrogen) atoms. The Kier molecular flexibility index (Phi) is 4.06. The molecule has 1 aromatic carbocycles. The van der Waals surface area contributed by atoms with Gasteiger partial charge in [-0.05, 0) is 19.1 Å². The van der Waals surface area contributed by atoms with E-state index in [1.807, 2.05) is 31.2 Å². The van der Waals surface area contributed by atoms with E-state index in [2.05, 4.69) is 14.7 Å². The van der Waals surface area contributed by atoms with Gasteiger partial charge in [-0.1, -0.05) is 17.7 Å². The summed E-state index contributed by atoms with van der Waals surface area (Å²) in [4.78, 5) is 7.74. The number of rotatable bonds is 5. The fraction of sp³-hybridized carbons (Fsp3) is 0.250. The number of imidazole rings is 1. The number of aryl methyl sites for hydroxylation is 1. The Bertz CT molecular complexity index is 479. The summed E-state index contributed by atoms with van der Waals surface area (Å²) in [5, 5.41) is 0. The molecular formula is C12H15N3OS. The number of H-pyrrole nitrogens is 1. The molecule has 5 heteroatoms. The average Bonchev–Trinajstić information content (AvgIpc) is 2.83. The summed E-state index contributed by atoms with van der Waals surface area (Å²) in [6.07, 6.45) is 4.21. The number of hydrogen-bond acceptors (Lipinski definition) is 2. The van der Waals surface area contributed by atoms with Gasteiger partial charge in [-0.3, -0.25) is 0 Å². The van der Waals surface area contributed by atoms with E-state index in [1.165, 1.54) is 5.56 Å². The third-order valence-electron chi connectivity index (χ3n) is 2.42. The molecule has 1 heterocycles. The van der Waals surface area contributed by atoms with E-state index in [-0.39, 0.29) is 0 Å². The highest BCUT2D eigenvalue weighted by molar-refractivity contribution is 7.83. The second kappa shape index (κ2) is 5.75. The molecule has 0 amide bonds. The van der Waals surface area contributed by atoms with Crippen molar-refractivity contribution in [3.63, 3.8) is 0 Å². The molecule has 2 aromatic rings. The lowest BCUT2D eigenvalue weighted by atomic mass is 10.2. The minimum atomic E-state index is -1.14. The first kappa shape index (κ1) is 12.0. The van der Waals surface area contributed by atoms with E-state index in [0.717, 1.165) is 17.0 Å². The molecule has 0 saturated heterocycles. The van der Waals surface area contributed by atoms with Gasteiger partial charge in [-0.2, -0.15) is 0 Å². The van der Waals surface area contributed by atoms with Crippen LogP contribution in [0, 0.1) is 6.92 Å². The van der Waals surface area contributed by atoms with Gasteiger partial charge in [-0.15, -0.1) is 0 Å². The van der Waals surface area contributed by atoms with Crippen LogP contribution < -0.4 is 4.72 Å². The Morgan fingerprint density at radius 1 is 1.35 bits per heavy atom. The molecule has 0 saturated carbocycles. The van der Waals surface area contributed by atoms with Gasteiger partial charge < -0.3 is 4.98 Å². The average molecular weight is 249 g/mol. The first-order chi connectivity index (χ1) is 8.25. The molecule has 90 valence electrons. The second-order valence-electron chi connectivity index (χ2n) is 3.80. The number of aromatic nitrogens is 2. The monoisotopic (exact) mass is 249 g/mol. The van der Waals surface area contributed by atoms with Gasteiger partial charge in [0.15, 0.2) is 0 Å². The molecular weight excluding hydrogens is 234 g/mol.